The predicted octanol–water partition coefficient (Wildman–Crippen LogP) is 2.67. The van der Waals surface area contributed by atoms with Gasteiger partial charge in [-0.05, 0) is 29.8 Å². The molecule has 0 bridgehead atoms. The van der Waals surface area contributed by atoms with Crippen LogP contribution < -0.4 is 16.2 Å². The van der Waals surface area contributed by atoms with Gasteiger partial charge in [-0.25, -0.2) is 4.39 Å². The van der Waals surface area contributed by atoms with E-state index in [1.54, 1.807) is 12.1 Å². The van der Waals surface area contributed by atoms with Crippen molar-refractivity contribution in [1.29, 1.82) is 0 Å². The zero-order chi connectivity index (χ0) is 15.9. The molecule has 0 aliphatic rings. The van der Waals surface area contributed by atoms with E-state index in [4.69, 9.17) is 27.8 Å². The van der Waals surface area contributed by atoms with Gasteiger partial charge in [0.15, 0.2) is 0 Å². The summed E-state index contributed by atoms with van der Waals surface area (Å²) in [4.78, 5) is 0. The molecular weight excluding hydrogens is 307 g/mol. The van der Waals surface area contributed by atoms with Crippen molar-refractivity contribution in [2.45, 2.75) is 6.61 Å². The lowest BCUT2D eigenvalue weighted by molar-refractivity contribution is 0.304. The lowest BCUT2D eigenvalue weighted by atomic mass is 10.2. The van der Waals surface area contributed by atoms with Crippen LogP contribution in [0.1, 0.15) is 11.1 Å². The lowest BCUT2D eigenvalue weighted by Crippen LogP contribution is -2.21. The molecule has 114 valence electrons. The van der Waals surface area contributed by atoms with Crippen molar-refractivity contribution in [3.05, 3.63) is 64.4 Å². The fourth-order valence-corrected chi connectivity index (χ4v) is 1.77. The molecule has 0 heterocycles. The SMILES string of the molecule is NC(N)=NN=Cc1ccc(F)cc1OCc1ccc(Cl)cc1. The summed E-state index contributed by atoms with van der Waals surface area (Å²) < 4.78 is 19.0. The predicted molar refractivity (Wildman–Crippen MR) is 85.6 cm³/mol. The normalized spacial score (nSPS) is 10.6. The van der Waals surface area contributed by atoms with E-state index in [9.17, 15) is 4.39 Å². The minimum atomic E-state index is -0.412. The quantitative estimate of drug-likeness (QED) is 0.504. The third kappa shape index (κ3) is 4.75. The Morgan fingerprint density at radius 3 is 2.59 bits per heavy atom. The zero-order valence-corrected chi connectivity index (χ0v) is 12.3. The van der Waals surface area contributed by atoms with E-state index in [0.29, 0.717) is 16.3 Å². The molecule has 0 radical (unpaired) electrons. The monoisotopic (exact) mass is 320 g/mol. The summed E-state index contributed by atoms with van der Waals surface area (Å²) in [6, 6.07) is 11.3. The highest BCUT2D eigenvalue weighted by Crippen LogP contribution is 2.20. The molecule has 4 N–H and O–H groups in total. The summed E-state index contributed by atoms with van der Waals surface area (Å²) in [7, 11) is 0. The molecule has 0 aliphatic heterocycles. The van der Waals surface area contributed by atoms with Gasteiger partial charge in [-0.2, -0.15) is 5.10 Å². The Balaban J connectivity index is 2.14. The maximum atomic E-state index is 13.4. The van der Waals surface area contributed by atoms with Crippen LogP contribution in [0.3, 0.4) is 0 Å². The highest BCUT2D eigenvalue weighted by atomic mass is 35.5. The molecule has 0 unspecified atom stereocenters. The molecule has 0 saturated carbocycles. The van der Waals surface area contributed by atoms with Crippen LogP contribution in [0.25, 0.3) is 0 Å². The van der Waals surface area contributed by atoms with Crippen molar-refractivity contribution in [2.75, 3.05) is 0 Å². The van der Waals surface area contributed by atoms with Crippen molar-refractivity contribution in [2.24, 2.45) is 21.7 Å². The van der Waals surface area contributed by atoms with E-state index in [1.165, 1.54) is 24.4 Å². The molecule has 0 fully saturated rings. The first-order valence-corrected chi connectivity index (χ1v) is 6.71. The van der Waals surface area contributed by atoms with Gasteiger partial charge in [0.1, 0.15) is 18.2 Å². The van der Waals surface area contributed by atoms with Crippen LogP contribution in [-0.2, 0) is 6.61 Å². The van der Waals surface area contributed by atoms with E-state index in [-0.39, 0.29) is 12.6 Å². The van der Waals surface area contributed by atoms with Crippen LogP contribution in [0.2, 0.25) is 5.02 Å². The van der Waals surface area contributed by atoms with Crippen LogP contribution in [0.4, 0.5) is 4.39 Å². The Bertz CT molecular complexity index is 697. The van der Waals surface area contributed by atoms with E-state index < -0.39 is 5.82 Å². The Morgan fingerprint density at radius 2 is 1.91 bits per heavy atom. The molecule has 0 saturated heterocycles. The average Bonchev–Trinajstić information content (AvgIpc) is 2.48. The number of guanidine groups is 1. The van der Waals surface area contributed by atoms with Crippen LogP contribution in [0.15, 0.2) is 52.7 Å². The second-order valence-electron chi connectivity index (χ2n) is 4.37. The van der Waals surface area contributed by atoms with Gasteiger partial charge >= 0.3 is 0 Å². The highest BCUT2D eigenvalue weighted by Gasteiger charge is 2.05. The van der Waals surface area contributed by atoms with Crippen molar-refractivity contribution in [3.63, 3.8) is 0 Å². The minimum Gasteiger partial charge on any atom is -0.488 e. The maximum absolute atomic E-state index is 13.4. The first-order chi connectivity index (χ1) is 10.5. The Labute approximate surface area is 132 Å². The van der Waals surface area contributed by atoms with Gasteiger partial charge in [0.25, 0.3) is 0 Å². The molecule has 2 aromatic rings. The summed E-state index contributed by atoms with van der Waals surface area (Å²) in [5, 5.41) is 7.82. The van der Waals surface area contributed by atoms with Gasteiger partial charge in [0.2, 0.25) is 5.96 Å². The summed E-state index contributed by atoms with van der Waals surface area (Å²) in [5.74, 6) is -0.239. The highest BCUT2D eigenvalue weighted by molar-refractivity contribution is 6.30. The number of rotatable bonds is 5. The molecule has 2 aromatic carbocycles. The Morgan fingerprint density at radius 1 is 1.18 bits per heavy atom. The molecule has 0 aromatic heterocycles. The number of halogens is 2. The first-order valence-electron chi connectivity index (χ1n) is 6.33. The van der Waals surface area contributed by atoms with E-state index >= 15 is 0 Å². The number of ether oxygens (including phenoxy) is 1. The molecule has 22 heavy (non-hydrogen) atoms. The molecule has 2 rings (SSSR count). The largest absolute Gasteiger partial charge is 0.488 e. The molecule has 0 aliphatic carbocycles. The Hall–Kier alpha value is -2.60. The third-order valence-corrected chi connectivity index (χ3v) is 2.91. The number of nitrogens with zero attached hydrogens (tertiary/aromatic N) is 2. The number of benzene rings is 2. The van der Waals surface area contributed by atoms with Crippen molar-refractivity contribution in [1.82, 2.24) is 0 Å². The number of hydrogen-bond donors (Lipinski definition) is 2. The summed E-state index contributed by atoms with van der Waals surface area (Å²) in [6.45, 7) is 0.268. The Kier molecular flexibility index (Phi) is 5.32. The van der Waals surface area contributed by atoms with Crippen molar-refractivity contribution in [3.8, 4) is 5.75 Å². The van der Waals surface area contributed by atoms with Crippen LogP contribution in [0, 0.1) is 5.82 Å². The van der Waals surface area contributed by atoms with Gasteiger partial charge in [0, 0.05) is 16.7 Å². The van der Waals surface area contributed by atoms with E-state index in [1.807, 2.05) is 12.1 Å². The summed E-state index contributed by atoms with van der Waals surface area (Å²) in [5.41, 5.74) is 11.8. The lowest BCUT2D eigenvalue weighted by Gasteiger charge is -2.09. The number of nitrogens with two attached hydrogens (primary N) is 2. The molecule has 7 heteroatoms. The van der Waals surface area contributed by atoms with Crippen LogP contribution in [-0.4, -0.2) is 12.2 Å². The standard InChI is InChI=1S/C15H14ClFN4O/c16-12-4-1-10(2-5-12)9-22-14-7-13(17)6-3-11(14)8-20-21-15(18)19/h1-8H,9H2,(H4,18,19,21). The van der Waals surface area contributed by atoms with E-state index in [0.717, 1.165) is 5.56 Å². The maximum Gasteiger partial charge on any atom is 0.211 e. The van der Waals surface area contributed by atoms with Crippen molar-refractivity contribution < 1.29 is 9.13 Å². The van der Waals surface area contributed by atoms with Gasteiger partial charge < -0.3 is 16.2 Å². The van der Waals surface area contributed by atoms with Gasteiger partial charge in [0.05, 0.1) is 6.21 Å². The van der Waals surface area contributed by atoms with Gasteiger partial charge in [-0.1, -0.05) is 23.7 Å². The summed E-state index contributed by atoms with van der Waals surface area (Å²) >= 11 is 5.82. The molecular formula is C15H14ClFN4O. The van der Waals surface area contributed by atoms with E-state index in [2.05, 4.69) is 10.2 Å². The fraction of sp³-hybridized carbons (Fsp3) is 0.0667. The topological polar surface area (TPSA) is 86.0 Å². The van der Waals surface area contributed by atoms with Crippen LogP contribution >= 0.6 is 11.6 Å². The molecule has 0 spiro atoms. The number of hydrogen-bond acceptors (Lipinski definition) is 3. The zero-order valence-electron chi connectivity index (χ0n) is 11.5. The summed E-state index contributed by atoms with van der Waals surface area (Å²) in [6.07, 6.45) is 1.39. The molecule has 5 nitrogen and oxygen atoms in total. The molecule has 0 amide bonds. The third-order valence-electron chi connectivity index (χ3n) is 2.65. The minimum absolute atomic E-state index is 0.165. The van der Waals surface area contributed by atoms with Crippen LogP contribution in [0.5, 0.6) is 5.75 Å². The smallest absolute Gasteiger partial charge is 0.211 e. The molecule has 0 atom stereocenters. The fourth-order valence-electron chi connectivity index (χ4n) is 1.64. The second kappa shape index (κ2) is 7.42. The second-order valence-corrected chi connectivity index (χ2v) is 4.80. The van der Waals surface area contributed by atoms with Crippen molar-refractivity contribution >= 4 is 23.8 Å². The first kappa shape index (κ1) is 15.8. The van der Waals surface area contributed by atoms with Gasteiger partial charge in [-0.3, -0.25) is 0 Å². The average molecular weight is 321 g/mol. The van der Waals surface area contributed by atoms with Gasteiger partial charge in [-0.15, -0.1) is 5.10 Å².